The normalized spacial score (nSPS) is 21.1. The number of para-hydroxylation sites is 1. The highest BCUT2D eigenvalue weighted by Gasteiger charge is 2.42. The number of fused-ring (bicyclic) bond motifs is 1. The first-order valence-electron chi connectivity index (χ1n) is 6.54. The van der Waals surface area contributed by atoms with E-state index in [0.29, 0.717) is 17.7 Å². The molecular weight excluding hydrogens is 274 g/mol. The average Bonchev–Trinajstić information content (AvgIpc) is 2.82. The molecule has 1 aromatic carbocycles. The van der Waals surface area contributed by atoms with Crippen molar-refractivity contribution in [1.82, 2.24) is 5.16 Å². The van der Waals surface area contributed by atoms with Crippen LogP contribution in [0.1, 0.15) is 23.0 Å². The molecule has 6 nitrogen and oxygen atoms in total. The Hall–Kier alpha value is -2.63. The molecule has 108 valence electrons. The number of carboxylic acids is 1. The fraction of sp³-hybridized carbons (Fsp3) is 0.267. The summed E-state index contributed by atoms with van der Waals surface area (Å²) in [5.41, 5.74) is 0.725. The Morgan fingerprint density at radius 2 is 2.10 bits per heavy atom. The van der Waals surface area contributed by atoms with E-state index < -0.39 is 17.7 Å². The predicted octanol–water partition coefficient (Wildman–Crippen LogP) is 2.12. The molecule has 1 aromatic heterocycles. The van der Waals surface area contributed by atoms with E-state index >= 15 is 0 Å². The lowest BCUT2D eigenvalue weighted by Gasteiger charge is -2.23. The van der Waals surface area contributed by atoms with Crippen LogP contribution in [-0.4, -0.2) is 27.1 Å². The van der Waals surface area contributed by atoms with E-state index in [1.165, 1.54) is 6.07 Å². The molecule has 0 radical (unpaired) electrons. The van der Waals surface area contributed by atoms with Crippen molar-refractivity contribution in [3.8, 4) is 17.0 Å². The lowest BCUT2D eigenvalue weighted by molar-refractivity contribution is -0.141. The van der Waals surface area contributed by atoms with Gasteiger partial charge in [0.1, 0.15) is 23.1 Å². The third-order valence-corrected chi connectivity index (χ3v) is 3.79. The first kappa shape index (κ1) is 13.4. The molecule has 2 aromatic rings. The van der Waals surface area contributed by atoms with Crippen molar-refractivity contribution in [2.24, 2.45) is 11.8 Å². The van der Waals surface area contributed by atoms with Gasteiger partial charge in [-0.15, -0.1) is 0 Å². The zero-order valence-corrected chi connectivity index (χ0v) is 11.2. The number of nitrogens with zero attached hydrogens (tertiary/aromatic N) is 1. The number of carbonyl (C=O) groups excluding carboxylic acids is 1. The zero-order chi connectivity index (χ0) is 15.1. The van der Waals surface area contributed by atoms with E-state index in [1.54, 1.807) is 25.1 Å². The van der Waals surface area contributed by atoms with E-state index in [9.17, 15) is 19.8 Å². The highest BCUT2D eigenvalue weighted by molar-refractivity contribution is 6.13. The number of phenolic OH excluding ortho intramolecular Hbond substituents is 1. The molecule has 0 amide bonds. The molecule has 21 heavy (non-hydrogen) atoms. The molecule has 0 saturated carbocycles. The number of aliphatic carboxylic acids is 1. The summed E-state index contributed by atoms with van der Waals surface area (Å²) in [4.78, 5) is 23.8. The van der Waals surface area contributed by atoms with Gasteiger partial charge in [-0.05, 0) is 18.1 Å². The van der Waals surface area contributed by atoms with Gasteiger partial charge in [-0.1, -0.05) is 24.2 Å². The Morgan fingerprint density at radius 1 is 1.38 bits per heavy atom. The molecule has 0 aliphatic heterocycles. The number of hydrogen-bond acceptors (Lipinski definition) is 5. The number of aromatic hydroxyl groups is 1. The molecule has 6 heteroatoms. The van der Waals surface area contributed by atoms with Crippen molar-refractivity contribution in [3.63, 3.8) is 0 Å². The second-order valence-electron chi connectivity index (χ2n) is 5.21. The summed E-state index contributed by atoms with van der Waals surface area (Å²) in [5, 5.41) is 23.0. The summed E-state index contributed by atoms with van der Waals surface area (Å²) in [7, 11) is 0. The number of rotatable bonds is 2. The number of carboxylic acid groups (broad SMARTS) is 1. The lowest BCUT2D eigenvalue weighted by atomic mass is 9.77. The van der Waals surface area contributed by atoms with Crippen molar-refractivity contribution in [3.05, 3.63) is 35.6 Å². The van der Waals surface area contributed by atoms with Crippen LogP contribution in [0.3, 0.4) is 0 Å². The number of carbonyl (C=O) groups is 2. The summed E-state index contributed by atoms with van der Waals surface area (Å²) in [6.45, 7) is 1.70. The van der Waals surface area contributed by atoms with Crippen molar-refractivity contribution in [1.29, 1.82) is 0 Å². The first-order valence-corrected chi connectivity index (χ1v) is 6.54. The highest BCUT2D eigenvalue weighted by Crippen LogP contribution is 2.38. The van der Waals surface area contributed by atoms with Gasteiger partial charge in [0.15, 0.2) is 5.78 Å². The molecule has 2 atom stereocenters. The number of benzene rings is 1. The molecule has 0 spiro atoms. The van der Waals surface area contributed by atoms with Crippen molar-refractivity contribution in [2.75, 3.05) is 0 Å². The molecule has 0 saturated heterocycles. The Balaban J connectivity index is 2.16. The standard InChI is InChI=1S/C15H13NO5/c1-7-6-10-12(14(18)11(7)15(19)20)13(16-21-10)8-4-2-3-5-9(8)17/h2-5,7,11,17H,6H2,1H3,(H,19,20). The minimum absolute atomic E-state index is 0.0353. The summed E-state index contributed by atoms with van der Waals surface area (Å²) in [6, 6.07) is 6.42. The maximum absolute atomic E-state index is 12.5. The van der Waals surface area contributed by atoms with Crippen LogP contribution in [0.25, 0.3) is 11.3 Å². The molecule has 1 aliphatic rings. The highest BCUT2D eigenvalue weighted by atomic mass is 16.5. The van der Waals surface area contributed by atoms with Crippen LogP contribution in [0, 0.1) is 11.8 Å². The number of hydrogen-bond donors (Lipinski definition) is 2. The van der Waals surface area contributed by atoms with E-state index in [-0.39, 0.29) is 22.9 Å². The molecule has 1 aliphatic carbocycles. The third kappa shape index (κ3) is 1.99. The van der Waals surface area contributed by atoms with Gasteiger partial charge in [0.2, 0.25) is 0 Å². The summed E-state index contributed by atoms with van der Waals surface area (Å²) in [5.74, 6) is -2.79. The average molecular weight is 287 g/mol. The van der Waals surface area contributed by atoms with Gasteiger partial charge in [0.05, 0.1) is 5.56 Å². The maximum Gasteiger partial charge on any atom is 0.314 e. The summed E-state index contributed by atoms with van der Waals surface area (Å²) >= 11 is 0. The SMILES string of the molecule is CC1Cc2onc(-c3ccccc3O)c2C(=O)C1C(=O)O. The molecule has 2 N–H and O–H groups in total. The van der Waals surface area contributed by atoms with Crippen LogP contribution >= 0.6 is 0 Å². The van der Waals surface area contributed by atoms with E-state index in [1.807, 2.05) is 0 Å². The fourth-order valence-corrected chi connectivity index (χ4v) is 2.75. The van der Waals surface area contributed by atoms with Gasteiger partial charge >= 0.3 is 5.97 Å². The predicted molar refractivity (Wildman–Crippen MR) is 71.9 cm³/mol. The minimum Gasteiger partial charge on any atom is -0.507 e. The quantitative estimate of drug-likeness (QED) is 0.820. The van der Waals surface area contributed by atoms with Crippen LogP contribution in [0.5, 0.6) is 5.75 Å². The van der Waals surface area contributed by atoms with Crippen LogP contribution in [-0.2, 0) is 11.2 Å². The van der Waals surface area contributed by atoms with E-state index in [2.05, 4.69) is 5.16 Å². The van der Waals surface area contributed by atoms with E-state index in [4.69, 9.17) is 4.52 Å². The minimum atomic E-state index is -1.15. The molecule has 2 unspecified atom stereocenters. The van der Waals surface area contributed by atoms with Crippen LogP contribution in [0.4, 0.5) is 0 Å². The molecule has 1 heterocycles. The van der Waals surface area contributed by atoms with Crippen molar-refractivity contribution >= 4 is 11.8 Å². The molecular formula is C15H13NO5. The van der Waals surface area contributed by atoms with Crippen LogP contribution in [0.2, 0.25) is 0 Å². The third-order valence-electron chi connectivity index (χ3n) is 3.79. The topological polar surface area (TPSA) is 101 Å². The second kappa shape index (κ2) is 4.73. The summed E-state index contributed by atoms with van der Waals surface area (Å²) < 4.78 is 5.19. The smallest absolute Gasteiger partial charge is 0.314 e. The zero-order valence-electron chi connectivity index (χ0n) is 11.2. The molecule has 0 bridgehead atoms. The largest absolute Gasteiger partial charge is 0.507 e. The lowest BCUT2D eigenvalue weighted by Crippen LogP contribution is -2.35. The van der Waals surface area contributed by atoms with Gasteiger partial charge in [0.25, 0.3) is 0 Å². The molecule has 0 fully saturated rings. The Morgan fingerprint density at radius 3 is 2.76 bits per heavy atom. The van der Waals surface area contributed by atoms with Gasteiger partial charge in [0, 0.05) is 12.0 Å². The van der Waals surface area contributed by atoms with E-state index in [0.717, 1.165) is 0 Å². The van der Waals surface area contributed by atoms with Crippen LogP contribution in [0.15, 0.2) is 28.8 Å². The van der Waals surface area contributed by atoms with Crippen molar-refractivity contribution in [2.45, 2.75) is 13.3 Å². The number of aromatic nitrogens is 1. The van der Waals surface area contributed by atoms with Crippen LogP contribution < -0.4 is 0 Å². The Kier molecular flexibility index (Phi) is 3.01. The molecule has 3 rings (SSSR count). The Bertz CT molecular complexity index is 733. The summed E-state index contributed by atoms with van der Waals surface area (Å²) in [6.07, 6.45) is 0.332. The van der Waals surface area contributed by atoms with Gasteiger partial charge in [-0.25, -0.2) is 0 Å². The number of ketones is 1. The first-order chi connectivity index (χ1) is 10.0. The fourth-order valence-electron chi connectivity index (χ4n) is 2.75. The van der Waals surface area contributed by atoms with Gasteiger partial charge in [-0.2, -0.15) is 0 Å². The van der Waals surface area contributed by atoms with Gasteiger partial charge in [-0.3, -0.25) is 9.59 Å². The monoisotopic (exact) mass is 287 g/mol. The maximum atomic E-state index is 12.5. The van der Waals surface area contributed by atoms with Gasteiger partial charge < -0.3 is 14.7 Å². The van der Waals surface area contributed by atoms with Crippen molar-refractivity contribution < 1.29 is 24.3 Å². The number of Topliss-reactive ketones (excluding diaryl/α,β-unsaturated/α-hetero) is 1. The second-order valence-corrected chi connectivity index (χ2v) is 5.21. The number of phenols is 1. The Labute approximate surface area is 120 Å².